The molecule has 114 valence electrons. The summed E-state index contributed by atoms with van der Waals surface area (Å²) in [6, 6.07) is 5.99. The molecule has 2 aromatic rings. The quantitative estimate of drug-likeness (QED) is 0.912. The van der Waals surface area contributed by atoms with E-state index in [4.69, 9.17) is 0 Å². The molecular weight excluding hydrogens is 294 g/mol. The van der Waals surface area contributed by atoms with Crippen LogP contribution >= 0.6 is 0 Å². The van der Waals surface area contributed by atoms with Crippen molar-refractivity contribution in [1.29, 1.82) is 0 Å². The average Bonchev–Trinajstić information content (AvgIpc) is 2.44. The molecule has 0 saturated heterocycles. The highest BCUT2D eigenvalue weighted by atomic mass is 19.1. The number of hydrogen-bond acceptors (Lipinski definition) is 3. The first-order valence-electron chi connectivity index (χ1n) is 6.22. The molecule has 2 rings (SSSR count). The zero-order valence-electron chi connectivity index (χ0n) is 11.4. The van der Waals surface area contributed by atoms with Crippen molar-refractivity contribution in [3.05, 3.63) is 59.2 Å². The lowest BCUT2D eigenvalue weighted by Gasteiger charge is -2.12. The second kappa shape index (κ2) is 6.21. The van der Waals surface area contributed by atoms with Gasteiger partial charge in [-0.1, -0.05) is 12.1 Å². The Morgan fingerprint density at radius 3 is 2.32 bits per heavy atom. The van der Waals surface area contributed by atoms with Crippen LogP contribution in [0.5, 0.6) is 0 Å². The molecule has 0 unspecified atom stereocenters. The van der Waals surface area contributed by atoms with Crippen LogP contribution in [0.25, 0.3) is 0 Å². The molecule has 0 aromatic heterocycles. The Kier molecular flexibility index (Phi) is 4.36. The summed E-state index contributed by atoms with van der Waals surface area (Å²) >= 11 is 0. The van der Waals surface area contributed by atoms with Crippen molar-refractivity contribution in [3.8, 4) is 0 Å². The number of nitrogens with one attached hydrogen (secondary N) is 2. The Morgan fingerprint density at radius 1 is 1.00 bits per heavy atom. The first kappa shape index (κ1) is 15.4. The molecule has 0 fully saturated rings. The average molecular weight is 305 g/mol. The number of rotatable bonds is 3. The summed E-state index contributed by atoms with van der Waals surface area (Å²) in [7, 11) is 0. The molecule has 2 amide bonds. The number of urea groups is 1. The summed E-state index contributed by atoms with van der Waals surface area (Å²) in [6.07, 6.45) is 0. The zero-order valence-corrected chi connectivity index (χ0v) is 11.4. The maximum absolute atomic E-state index is 13.4. The number of carboxylic acid groups (broad SMARTS) is 1. The molecule has 0 aliphatic heterocycles. The third-order valence-corrected chi connectivity index (χ3v) is 2.90. The van der Waals surface area contributed by atoms with Gasteiger partial charge in [-0.25, -0.2) is 13.6 Å². The topological polar surface area (TPSA) is 81.3 Å². The van der Waals surface area contributed by atoms with Crippen molar-refractivity contribution in [1.82, 2.24) is 0 Å². The number of carboxylic acids is 1. The maximum Gasteiger partial charge on any atom is 0.323 e. The van der Waals surface area contributed by atoms with Crippen LogP contribution < -0.4 is 15.7 Å². The van der Waals surface area contributed by atoms with E-state index in [1.165, 1.54) is 18.2 Å². The largest absolute Gasteiger partial charge is 0.545 e. The minimum atomic E-state index is -1.38. The second-order valence-electron chi connectivity index (χ2n) is 4.52. The van der Waals surface area contributed by atoms with Crippen molar-refractivity contribution < 1.29 is 23.5 Å². The normalized spacial score (nSPS) is 10.1. The summed E-state index contributed by atoms with van der Waals surface area (Å²) in [5.74, 6) is -3.07. The maximum atomic E-state index is 13.4. The first-order chi connectivity index (χ1) is 10.4. The fourth-order valence-electron chi connectivity index (χ4n) is 1.75. The van der Waals surface area contributed by atoms with Crippen LogP contribution in [0.1, 0.15) is 15.9 Å². The van der Waals surface area contributed by atoms with E-state index in [0.717, 1.165) is 12.1 Å². The van der Waals surface area contributed by atoms with Gasteiger partial charge in [-0.2, -0.15) is 0 Å². The van der Waals surface area contributed by atoms with E-state index in [9.17, 15) is 23.5 Å². The monoisotopic (exact) mass is 305 g/mol. The van der Waals surface area contributed by atoms with Crippen molar-refractivity contribution in [3.63, 3.8) is 0 Å². The highest BCUT2D eigenvalue weighted by molar-refractivity contribution is 6.01. The van der Waals surface area contributed by atoms with Crippen LogP contribution in [0.3, 0.4) is 0 Å². The molecule has 5 nitrogen and oxygen atoms in total. The van der Waals surface area contributed by atoms with Gasteiger partial charge in [0.1, 0.15) is 11.6 Å². The minimum absolute atomic E-state index is 0.103. The molecule has 0 aliphatic carbocycles. The summed E-state index contributed by atoms with van der Waals surface area (Å²) in [4.78, 5) is 22.6. The Hall–Kier alpha value is -2.96. The molecule has 0 radical (unpaired) electrons. The number of benzene rings is 2. The van der Waals surface area contributed by atoms with Crippen molar-refractivity contribution in [2.45, 2.75) is 6.92 Å². The summed E-state index contributed by atoms with van der Waals surface area (Å²) in [5.41, 5.74) is 0.544. The molecule has 2 N–H and O–H groups in total. The molecule has 7 heteroatoms. The Labute approximate surface area is 124 Å². The number of halogens is 2. The predicted octanol–water partition coefficient (Wildman–Crippen LogP) is 2.28. The first-order valence-corrected chi connectivity index (χ1v) is 6.22. The van der Waals surface area contributed by atoms with Gasteiger partial charge in [-0.05, 0) is 36.2 Å². The molecule has 0 bridgehead atoms. The van der Waals surface area contributed by atoms with Gasteiger partial charge in [0.2, 0.25) is 0 Å². The SMILES string of the molecule is Cc1ccc(C(=O)[O-])cc1NC(=O)Nc1ccc(F)cc1F. The lowest BCUT2D eigenvalue weighted by Crippen LogP contribution is -2.24. The van der Waals surface area contributed by atoms with Gasteiger partial charge in [0.15, 0.2) is 0 Å². The molecule has 2 aromatic carbocycles. The number of carbonyl (C=O) groups excluding carboxylic acids is 2. The number of aryl methyl sites for hydroxylation is 1. The van der Waals surface area contributed by atoms with E-state index in [1.807, 2.05) is 0 Å². The Bertz CT molecular complexity index is 748. The summed E-state index contributed by atoms with van der Waals surface area (Å²) in [5, 5.41) is 15.4. The molecule has 22 heavy (non-hydrogen) atoms. The minimum Gasteiger partial charge on any atom is -0.545 e. The van der Waals surface area contributed by atoms with E-state index in [-0.39, 0.29) is 16.9 Å². The standard InChI is InChI=1S/C15H12F2N2O3/c1-8-2-3-9(14(20)21)6-13(8)19-15(22)18-12-5-4-10(16)7-11(12)17/h2-7H,1H3,(H,20,21)(H2,18,19,22)/p-1. The van der Waals surface area contributed by atoms with Crippen LogP contribution in [0.2, 0.25) is 0 Å². The van der Waals surface area contributed by atoms with Crippen molar-refractivity contribution in [2.24, 2.45) is 0 Å². The highest BCUT2D eigenvalue weighted by Gasteiger charge is 2.10. The third kappa shape index (κ3) is 3.57. The summed E-state index contributed by atoms with van der Waals surface area (Å²) in [6.45, 7) is 1.66. The third-order valence-electron chi connectivity index (χ3n) is 2.90. The number of anilines is 2. The Morgan fingerprint density at radius 2 is 1.68 bits per heavy atom. The number of amides is 2. The van der Waals surface area contributed by atoms with E-state index < -0.39 is 23.6 Å². The molecule has 0 heterocycles. The molecule has 0 aliphatic rings. The van der Waals surface area contributed by atoms with Gasteiger partial charge in [0.25, 0.3) is 0 Å². The molecule has 0 saturated carbocycles. The van der Waals surface area contributed by atoms with E-state index in [0.29, 0.717) is 11.6 Å². The smallest absolute Gasteiger partial charge is 0.323 e. The van der Waals surface area contributed by atoms with E-state index >= 15 is 0 Å². The fraction of sp³-hybridized carbons (Fsp3) is 0.0667. The number of hydrogen-bond donors (Lipinski definition) is 2. The number of carbonyl (C=O) groups is 2. The lowest BCUT2D eigenvalue weighted by molar-refractivity contribution is -0.255. The van der Waals surface area contributed by atoms with Gasteiger partial charge in [0, 0.05) is 11.8 Å². The molecule has 0 spiro atoms. The fourth-order valence-corrected chi connectivity index (χ4v) is 1.75. The lowest BCUT2D eigenvalue weighted by atomic mass is 10.1. The second-order valence-corrected chi connectivity index (χ2v) is 4.52. The van der Waals surface area contributed by atoms with Gasteiger partial charge >= 0.3 is 6.03 Å². The highest BCUT2D eigenvalue weighted by Crippen LogP contribution is 2.18. The van der Waals surface area contributed by atoms with Crippen molar-refractivity contribution in [2.75, 3.05) is 10.6 Å². The van der Waals surface area contributed by atoms with E-state index in [1.54, 1.807) is 6.92 Å². The van der Waals surface area contributed by atoms with Crippen LogP contribution in [-0.4, -0.2) is 12.0 Å². The Balaban J connectivity index is 2.15. The van der Waals surface area contributed by atoms with Gasteiger partial charge < -0.3 is 20.5 Å². The number of aromatic carboxylic acids is 1. The summed E-state index contributed by atoms with van der Waals surface area (Å²) < 4.78 is 26.2. The van der Waals surface area contributed by atoms with E-state index in [2.05, 4.69) is 10.6 Å². The van der Waals surface area contributed by atoms with Crippen molar-refractivity contribution >= 4 is 23.4 Å². The van der Waals surface area contributed by atoms with Gasteiger partial charge in [-0.15, -0.1) is 0 Å². The van der Waals surface area contributed by atoms with Crippen LogP contribution in [0.15, 0.2) is 36.4 Å². The van der Waals surface area contributed by atoms with Gasteiger partial charge in [0.05, 0.1) is 11.7 Å². The van der Waals surface area contributed by atoms with Crippen LogP contribution in [0.4, 0.5) is 25.0 Å². The predicted molar refractivity (Wildman–Crippen MR) is 74.5 cm³/mol. The molecular formula is C15H11F2N2O3-. The van der Waals surface area contributed by atoms with Gasteiger partial charge in [-0.3, -0.25) is 0 Å². The molecule has 0 atom stereocenters. The van der Waals surface area contributed by atoms with Crippen LogP contribution in [-0.2, 0) is 0 Å². The van der Waals surface area contributed by atoms with Crippen LogP contribution in [0, 0.1) is 18.6 Å². The zero-order chi connectivity index (χ0) is 16.3.